The molecule has 3 aromatic rings. The molecule has 0 fully saturated rings. The van der Waals surface area contributed by atoms with E-state index in [1.54, 1.807) is 30.1 Å². The van der Waals surface area contributed by atoms with Crippen molar-refractivity contribution in [3.05, 3.63) is 60.4 Å². The lowest BCUT2D eigenvalue weighted by molar-refractivity contribution is 0.252. The number of nitrogens with one attached hydrogen (secondary N) is 3. The summed E-state index contributed by atoms with van der Waals surface area (Å²) in [6.45, 7) is 2.66. The van der Waals surface area contributed by atoms with Gasteiger partial charge in [-0.3, -0.25) is 0 Å². The second-order valence-electron chi connectivity index (χ2n) is 5.42. The number of aryl methyl sites for hydroxylation is 1. The molecule has 0 aliphatic heterocycles. The van der Waals surface area contributed by atoms with Crippen molar-refractivity contribution < 1.29 is 9.18 Å². The van der Waals surface area contributed by atoms with E-state index in [9.17, 15) is 9.18 Å². The molecule has 8 nitrogen and oxygen atoms in total. The van der Waals surface area contributed by atoms with E-state index in [4.69, 9.17) is 0 Å². The Morgan fingerprint density at radius 2 is 2.00 bits per heavy atom. The minimum absolute atomic E-state index is 0.352. The molecule has 2 aromatic heterocycles. The summed E-state index contributed by atoms with van der Waals surface area (Å²) in [7, 11) is 0. The summed E-state index contributed by atoms with van der Waals surface area (Å²) in [4.78, 5) is 20.4. The zero-order valence-corrected chi connectivity index (χ0v) is 14.1. The molecule has 0 saturated carbocycles. The first-order valence-corrected chi connectivity index (χ1v) is 8.00. The summed E-state index contributed by atoms with van der Waals surface area (Å²) in [6, 6.07) is 8.78. The van der Waals surface area contributed by atoms with Crippen LogP contribution in [0.15, 0.2) is 48.8 Å². The molecule has 0 atom stereocenters. The van der Waals surface area contributed by atoms with E-state index >= 15 is 0 Å². The zero-order chi connectivity index (χ0) is 18.4. The van der Waals surface area contributed by atoms with Gasteiger partial charge in [-0.05, 0) is 37.3 Å². The summed E-state index contributed by atoms with van der Waals surface area (Å²) in [5.74, 6) is 1.56. The van der Waals surface area contributed by atoms with Crippen LogP contribution in [0.1, 0.15) is 5.82 Å². The van der Waals surface area contributed by atoms with Crippen LogP contribution in [0.2, 0.25) is 0 Å². The number of aromatic nitrogens is 4. The Kier molecular flexibility index (Phi) is 5.37. The van der Waals surface area contributed by atoms with Gasteiger partial charge in [-0.2, -0.15) is 5.10 Å². The van der Waals surface area contributed by atoms with Crippen LogP contribution in [0.4, 0.5) is 20.7 Å². The number of hydrogen-bond donors (Lipinski definition) is 3. The van der Waals surface area contributed by atoms with E-state index < -0.39 is 0 Å². The highest BCUT2D eigenvalue weighted by Gasteiger charge is 2.05. The second-order valence-corrected chi connectivity index (χ2v) is 5.42. The SMILES string of the molecule is Cc1nc(NCCNC(=O)Nc2ccc(F)cc2)cc(-n2cccn2)n1. The first kappa shape index (κ1) is 17.3. The van der Waals surface area contributed by atoms with Gasteiger partial charge in [0.1, 0.15) is 17.5 Å². The molecule has 26 heavy (non-hydrogen) atoms. The minimum atomic E-state index is -0.366. The third-order valence-electron chi connectivity index (χ3n) is 3.38. The van der Waals surface area contributed by atoms with Gasteiger partial charge in [0.25, 0.3) is 0 Å². The van der Waals surface area contributed by atoms with Crippen molar-refractivity contribution >= 4 is 17.5 Å². The summed E-state index contributed by atoms with van der Waals surface area (Å²) in [6.07, 6.45) is 3.47. The van der Waals surface area contributed by atoms with Crippen LogP contribution >= 0.6 is 0 Å². The molecule has 0 aliphatic rings. The number of amides is 2. The Morgan fingerprint density at radius 3 is 2.73 bits per heavy atom. The molecule has 0 radical (unpaired) electrons. The third kappa shape index (κ3) is 4.76. The molecule has 134 valence electrons. The van der Waals surface area contributed by atoms with Crippen molar-refractivity contribution in [2.45, 2.75) is 6.92 Å². The summed E-state index contributed by atoms with van der Waals surface area (Å²) in [5.41, 5.74) is 0.521. The van der Waals surface area contributed by atoms with Crippen LogP contribution in [-0.4, -0.2) is 38.9 Å². The lowest BCUT2D eigenvalue weighted by Crippen LogP contribution is -2.32. The Morgan fingerprint density at radius 1 is 1.19 bits per heavy atom. The average molecular weight is 355 g/mol. The van der Waals surface area contributed by atoms with Crippen LogP contribution in [0, 0.1) is 12.7 Å². The number of urea groups is 1. The number of halogens is 1. The predicted molar refractivity (Wildman–Crippen MR) is 95.8 cm³/mol. The molecule has 0 unspecified atom stereocenters. The normalized spacial score (nSPS) is 10.4. The van der Waals surface area contributed by atoms with Gasteiger partial charge < -0.3 is 16.0 Å². The van der Waals surface area contributed by atoms with Gasteiger partial charge in [-0.1, -0.05) is 0 Å². The van der Waals surface area contributed by atoms with Crippen LogP contribution in [-0.2, 0) is 0 Å². The van der Waals surface area contributed by atoms with Crippen molar-refractivity contribution in [1.82, 2.24) is 25.1 Å². The van der Waals surface area contributed by atoms with E-state index in [0.717, 1.165) is 0 Å². The Balaban J connectivity index is 1.47. The first-order chi connectivity index (χ1) is 12.6. The number of nitrogens with zero attached hydrogens (tertiary/aromatic N) is 4. The molecular weight excluding hydrogens is 337 g/mol. The van der Waals surface area contributed by atoms with Gasteiger partial charge in [-0.15, -0.1) is 0 Å². The molecule has 2 heterocycles. The highest BCUT2D eigenvalue weighted by atomic mass is 19.1. The predicted octanol–water partition coefficient (Wildman–Crippen LogP) is 2.34. The van der Waals surface area contributed by atoms with Crippen molar-refractivity contribution in [2.75, 3.05) is 23.7 Å². The quantitative estimate of drug-likeness (QED) is 0.590. The van der Waals surface area contributed by atoms with E-state index in [1.165, 1.54) is 24.3 Å². The van der Waals surface area contributed by atoms with Crippen molar-refractivity contribution in [3.63, 3.8) is 0 Å². The van der Waals surface area contributed by atoms with Crippen LogP contribution < -0.4 is 16.0 Å². The molecule has 2 amide bonds. The molecule has 0 bridgehead atoms. The smallest absolute Gasteiger partial charge is 0.319 e. The Labute approximate surface area is 149 Å². The van der Waals surface area contributed by atoms with Crippen LogP contribution in [0.3, 0.4) is 0 Å². The highest BCUT2D eigenvalue weighted by molar-refractivity contribution is 5.89. The fourth-order valence-electron chi connectivity index (χ4n) is 2.24. The van der Waals surface area contributed by atoms with E-state index in [-0.39, 0.29) is 11.8 Å². The highest BCUT2D eigenvalue weighted by Crippen LogP contribution is 2.10. The van der Waals surface area contributed by atoms with Gasteiger partial charge in [0.05, 0.1) is 0 Å². The maximum Gasteiger partial charge on any atom is 0.319 e. The fraction of sp³-hybridized carbons (Fsp3) is 0.176. The maximum atomic E-state index is 12.8. The zero-order valence-electron chi connectivity index (χ0n) is 14.1. The van der Waals surface area contributed by atoms with Gasteiger partial charge in [0.2, 0.25) is 0 Å². The van der Waals surface area contributed by atoms with Crippen molar-refractivity contribution in [2.24, 2.45) is 0 Å². The van der Waals surface area contributed by atoms with Crippen molar-refractivity contribution in [1.29, 1.82) is 0 Å². The number of anilines is 2. The largest absolute Gasteiger partial charge is 0.368 e. The molecule has 1 aromatic carbocycles. The lowest BCUT2D eigenvalue weighted by Gasteiger charge is -2.10. The van der Waals surface area contributed by atoms with Gasteiger partial charge in [0.15, 0.2) is 5.82 Å². The first-order valence-electron chi connectivity index (χ1n) is 8.00. The molecular formula is C17H18FN7O. The second kappa shape index (κ2) is 8.06. The van der Waals surface area contributed by atoms with Gasteiger partial charge in [0, 0.05) is 37.2 Å². The lowest BCUT2D eigenvalue weighted by atomic mass is 10.3. The van der Waals surface area contributed by atoms with E-state index in [0.29, 0.717) is 36.2 Å². The molecule has 9 heteroatoms. The monoisotopic (exact) mass is 355 g/mol. The molecule has 3 N–H and O–H groups in total. The summed E-state index contributed by atoms with van der Waals surface area (Å²) in [5, 5.41) is 12.6. The molecule has 3 rings (SSSR count). The number of benzene rings is 1. The molecule has 0 spiro atoms. The number of rotatable bonds is 6. The van der Waals surface area contributed by atoms with E-state index in [2.05, 4.69) is 31.0 Å². The van der Waals surface area contributed by atoms with Gasteiger partial charge >= 0.3 is 6.03 Å². The minimum Gasteiger partial charge on any atom is -0.368 e. The summed E-state index contributed by atoms with van der Waals surface area (Å²) < 4.78 is 14.5. The standard InChI is InChI=1S/C17H18FN7O/c1-12-22-15(11-16(23-12)25-10-2-7-21-25)19-8-9-20-17(26)24-14-5-3-13(18)4-6-14/h2-7,10-11H,8-9H2,1H3,(H,19,22,23)(H2,20,24,26). The Bertz CT molecular complexity index is 865. The van der Waals surface area contributed by atoms with Crippen LogP contribution in [0.5, 0.6) is 0 Å². The van der Waals surface area contributed by atoms with Gasteiger partial charge in [-0.25, -0.2) is 23.8 Å². The molecule has 0 aliphatic carbocycles. The third-order valence-corrected chi connectivity index (χ3v) is 3.38. The number of carbonyl (C=O) groups excluding carboxylic acids is 1. The number of carbonyl (C=O) groups is 1. The maximum absolute atomic E-state index is 12.8. The average Bonchev–Trinajstić information content (AvgIpc) is 3.15. The summed E-state index contributed by atoms with van der Waals surface area (Å²) >= 11 is 0. The van der Waals surface area contributed by atoms with Crippen molar-refractivity contribution in [3.8, 4) is 5.82 Å². The van der Waals surface area contributed by atoms with Crippen LogP contribution in [0.25, 0.3) is 5.82 Å². The van der Waals surface area contributed by atoms with E-state index in [1.807, 2.05) is 6.07 Å². The fourth-order valence-corrected chi connectivity index (χ4v) is 2.24. The Hall–Kier alpha value is -3.49. The number of hydrogen-bond acceptors (Lipinski definition) is 5. The molecule has 0 saturated heterocycles. The topological polar surface area (TPSA) is 96.8 Å².